The Labute approximate surface area is 125 Å². The van der Waals surface area contributed by atoms with Crippen molar-refractivity contribution in [1.29, 1.82) is 0 Å². The van der Waals surface area contributed by atoms with Crippen molar-refractivity contribution < 1.29 is 14.3 Å². The molecular weight excluding hydrogens is 324 g/mol. The van der Waals surface area contributed by atoms with Crippen LogP contribution in [0.2, 0.25) is 0 Å². The summed E-state index contributed by atoms with van der Waals surface area (Å²) in [6.45, 7) is 1.53. The molecular formula is C14H15BrN2O3. The molecule has 3 rings (SSSR count). The molecule has 0 saturated carbocycles. The van der Waals surface area contributed by atoms with Crippen LogP contribution in [-0.2, 0) is 16.1 Å². The first-order valence-electron chi connectivity index (χ1n) is 6.63. The predicted molar refractivity (Wildman–Crippen MR) is 76.2 cm³/mol. The van der Waals surface area contributed by atoms with Crippen LogP contribution in [0.3, 0.4) is 0 Å². The maximum Gasteiger partial charge on any atom is 0.245 e. The van der Waals surface area contributed by atoms with Crippen molar-refractivity contribution in [3.8, 4) is 5.75 Å². The van der Waals surface area contributed by atoms with E-state index in [4.69, 9.17) is 4.74 Å². The minimum Gasteiger partial charge on any atom is -0.491 e. The smallest absolute Gasteiger partial charge is 0.245 e. The van der Waals surface area contributed by atoms with E-state index in [2.05, 4.69) is 21.2 Å². The van der Waals surface area contributed by atoms with Crippen LogP contribution >= 0.6 is 15.9 Å². The highest BCUT2D eigenvalue weighted by Gasteiger charge is 2.31. The Morgan fingerprint density at radius 3 is 3.05 bits per heavy atom. The SMILES string of the molecule is O=C1CC[C@H](C(=O)N2CCOc3ccc(Br)cc3C2)N1. The van der Waals surface area contributed by atoms with E-state index >= 15 is 0 Å². The third-order valence-electron chi connectivity index (χ3n) is 3.61. The number of carbonyl (C=O) groups is 2. The topological polar surface area (TPSA) is 58.6 Å². The van der Waals surface area contributed by atoms with Gasteiger partial charge in [0.2, 0.25) is 11.8 Å². The molecule has 2 amide bonds. The molecule has 106 valence electrons. The summed E-state index contributed by atoms with van der Waals surface area (Å²) in [7, 11) is 0. The minimum absolute atomic E-state index is 0.0210. The summed E-state index contributed by atoms with van der Waals surface area (Å²) in [4.78, 5) is 25.4. The van der Waals surface area contributed by atoms with Gasteiger partial charge in [-0.2, -0.15) is 0 Å². The van der Waals surface area contributed by atoms with Crippen LogP contribution in [0.15, 0.2) is 22.7 Å². The summed E-state index contributed by atoms with van der Waals surface area (Å²) in [5.74, 6) is 0.754. The molecule has 1 aromatic carbocycles. The molecule has 1 N–H and O–H groups in total. The first-order valence-corrected chi connectivity index (χ1v) is 7.42. The van der Waals surface area contributed by atoms with E-state index < -0.39 is 0 Å². The Morgan fingerprint density at radius 1 is 1.45 bits per heavy atom. The molecule has 2 heterocycles. The zero-order valence-corrected chi connectivity index (χ0v) is 12.5. The van der Waals surface area contributed by atoms with Crippen LogP contribution in [0.1, 0.15) is 18.4 Å². The van der Waals surface area contributed by atoms with Gasteiger partial charge in [-0.05, 0) is 24.6 Å². The van der Waals surface area contributed by atoms with E-state index in [0.717, 1.165) is 15.8 Å². The zero-order chi connectivity index (χ0) is 14.1. The molecule has 1 aromatic rings. The van der Waals surface area contributed by atoms with Gasteiger partial charge in [-0.25, -0.2) is 0 Å². The summed E-state index contributed by atoms with van der Waals surface area (Å²) in [6, 6.07) is 5.42. The van der Waals surface area contributed by atoms with Gasteiger partial charge in [-0.15, -0.1) is 0 Å². The first-order chi connectivity index (χ1) is 9.63. The van der Waals surface area contributed by atoms with Crippen molar-refractivity contribution in [2.75, 3.05) is 13.2 Å². The number of hydrogen-bond acceptors (Lipinski definition) is 3. The molecule has 6 heteroatoms. The Kier molecular flexibility index (Phi) is 3.65. The standard InChI is InChI=1S/C14H15BrN2O3/c15-10-1-3-12-9(7-10)8-17(5-6-20-12)14(19)11-2-4-13(18)16-11/h1,3,7,11H,2,4-6,8H2,(H,16,18)/t11-/m1/s1. The fourth-order valence-corrected chi connectivity index (χ4v) is 2.98. The van der Waals surface area contributed by atoms with Crippen LogP contribution in [0.25, 0.3) is 0 Å². The fourth-order valence-electron chi connectivity index (χ4n) is 2.57. The number of nitrogens with one attached hydrogen (secondary N) is 1. The van der Waals surface area contributed by atoms with Gasteiger partial charge in [0.15, 0.2) is 0 Å². The number of ether oxygens (including phenoxy) is 1. The average molecular weight is 339 g/mol. The zero-order valence-electron chi connectivity index (χ0n) is 10.9. The normalized spacial score (nSPS) is 21.8. The lowest BCUT2D eigenvalue weighted by Gasteiger charge is -2.23. The Bertz CT molecular complexity index is 561. The summed E-state index contributed by atoms with van der Waals surface area (Å²) in [6.07, 6.45) is 1.02. The second-order valence-corrected chi connectivity index (χ2v) is 5.93. The highest BCUT2D eigenvalue weighted by atomic mass is 79.9. The fraction of sp³-hybridized carbons (Fsp3) is 0.429. The van der Waals surface area contributed by atoms with E-state index in [0.29, 0.717) is 32.5 Å². The van der Waals surface area contributed by atoms with E-state index in [9.17, 15) is 9.59 Å². The molecule has 0 aromatic heterocycles. The number of halogens is 1. The van der Waals surface area contributed by atoms with Crippen LogP contribution in [0.4, 0.5) is 0 Å². The maximum atomic E-state index is 12.4. The van der Waals surface area contributed by atoms with Crippen molar-refractivity contribution in [3.05, 3.63) is 28.2 Å². The highest BCUT2D eigenvalue weighted by molar-refractivity contribution is 9.10. The van der Waals surface area contributed by atoms with Gasteiger partial charge in [0.05, 0.1) is 6.54 Å². The van der Waals surface area contributed by atoms with E-state index in [1.807, 2.05) is 18.2 Å². The number of amides is 2. The van der Waals surface area contributed by atoms with Crippen LogP contribution in [0.5, 0.6) is 5.75 Å². The lowest BCUT2D eigenvalue weighted by atomic mass is 10.1. The van der Waals surface area contributed by atoms with Crippen molar-refractivity contribution in [3.63, 3.8) is 0 Å². The molecule has 0 aliphatic carbocycles. The number of nitrogens with zero attached hydrogens (tertiary/aromatic N) is 1. The van der Waals surface area contributed by atoms with Gasteiger partial charge >= 0.3 is 0 Å². The molecule has 0 spiro atoms. The van der Waals surface area contributed by atoms with Crippen LogP contribution < -0.4 is 10.1 Å². The Morgan fingerprint density at radius 2 is 2.30 bits per heavy atom. The average Bonchev–Trinajstić information content (AvgIpc) is 2.74. The molecule has 2 aliphatic rings. The molecule has 0 unspecified atom stereocenters. The van der Waals surface area contributed by atoms with Crippen molar-refractivity contribution >= 4 is 27.7 Å². The van der Waals surface area contributed by atoms with Gasteiger partial charge in [0.1, 0.15) is 18.4 Å². The lowest BCUT2D eigenvalue weighted by molar-refractivity contribution is -0.135. The van der Waals surface area contributed by atoms with Gasteiger partial charge in [-0.1, -0.05) is 15.9 Å². The number of rotatable bonds is 1. The van der Waals surface area contributed by atoms with Crippen molar-refractivity contribution in [1.82, 2.24) is 10.2 Å². The number of fused-ring (bicyclic) bond motifs is 1. The largest absolute Gasteiger partial charge is 0.491 e. The summed E-state index contributed by atoms with van der Waals surface area (Å²) < 4.78 is 6.63. The van der Waals surface area contributed by atoms with Gasteiger partial charge in [-0.3, -0.25) is 9.59 Å². The number of carbonyl (C=O) groups excluding carboxylic acids is 2. The van der Waals surface area contributed by atoms with Gasteiger partial charge in [0.25, 0.3) is 0 Å². The molecule has 1 atom stereocenters. The van der Waals surface area contributed by atoms with Gasteiger partial charge < -0.3 is 15.0 Å². The number of benzene rings is 1. The summed E-state index contributed by atoms with van der Waals surface area (Å²) in [5, 5.41) is 2.73. The Hall–Kier alpha value is -1.56. The minimum atomic E-state index is -0.379. The second-order valence-electron chi connectivity index (χ2n) is 5.02. The number of hydrogen-bond donors (Lipinski definition) is 1. The van der Waals surface area contributed by atoms with Crippen molar-refractivity contribution in [2.24, 2.45) is 0 Å². The first kappa shape index (κ1) is 13.4. The molecule has 20 heavy (non-hydrogen) atoms. The second kappa shape index (κ2) is 5.44. The molecule has 5 nitrogen and oxygen atoms in total. The molecule has 0 radical (unpaired) electrons. The third-order valence-corrected chi connectivity index (χ3v) is 4.10. The predicted octanol–water partition coefficient (Wildman–Crippen LogP) is 1.45. The van der Waals surface area contributed by atoms with E-state index in [1.165, 1.54) is 0 Å². The van der Waals surface area contributed by atoms with E-state index in [-0.39, 0.29) is 17.9 Å². The Balaban J connectivity index is 1.78. The molecule has 1 saturated heterocycles. The van der Waals surface area contributed by atoms with Crippen molar-refractivity contribution in [2.45, 2.75) is 25.4 Å². The lowest BCUT2D eigenvalue weighted by Crippen LogP contribution is -2.44. The van der Waals surface area contributed by atoms with Gasteiger partial charge in [0, 0.05) is 23.0 Å². The maximum absolute atomic E-state index is 12.4. The quantitative estimate of drug-likeness (QED) is 0.843. The van der Waals surface area contributed by atoms with Crippen LogP contribution in [-0.4, -0.2) is 35.9 Å². The summed E-state index contributed by atoms with van der Waals surface area (Å²) >= 11 is 3.43. The summed E-state index contributed by atoms with van der Waals surface area (Å²) in [5.41, 5.74) is 0.981. The van der Waals surface area contributed by atoms with E-state index in [1.54, 1.807) is 4.90 Å². The molecule has 2 aliphatic heterocycles. The highest BCUT2D eigenvalue weighted by Crippen LogP contribution is 2.27. The monoisotopic (exact) mass is 338 g/mol. The third kappa shape index (κ3) is 2.65. The molecule has 1 fully saturated rings. The molecule has 0 bridgehead atoms. The van der Waals surface area contributed by atoms with Crippen LogP contribution in [0, 0.1) is 0 Å².